The molecule has 1 heterocycles. The summed E-state index contributed by atoms with van der Waals surface area (Å²) in [5.74, 6) is 0.879. The second-order valence-corrected chi connectivity index (χ2v) is 5.14. The Morgan fingerprint density at radius 2 is 1.74 bits per heavy atom. The van der Waals surface area contributed by atoms with E-state index in [0.29, 0.717) is 17.1 Å². The summed E-state index contributed by atoms with van der Waals surface area (Å²) in [5.41, 5.74) is 1.42. The molecule has 0 aliphatic carbocycles. The number of ketones is 1. The third kappa shape index (κ3) is 3.88. The zero-order valence-corrected chi connectivity index (χ0v) is 12.5. The molecule has 118 valence electrons. The van der Waals surface area contributed by atoms with E-state index in [-0.39, 0.29) is 32.0 Å². The number of fused-ring (bicyclic) bond motifs is 1. The van der Waals surface area contributed by atoms with Gasteiger partial charge in [0.15, 0.2) is 17.3 Å². The summed E-state index contributed by atoms with van der Waals surface area (Å²) in [7, 11) is 0. The Bertz CT molecular complexity index is 709. The number of carbonyl (C=O) groups is 2. The van der Waals surface area contributed by atoms with Crippen molar-refractivity contribution in [3.8, 4) is 11.5 Å². The van der Waals surface area contributed by atoms with Crippen LogP contribution in [0, 0.1) is 0 Å². The van der Waals surface area contributed by atoms with Crippen molar-refractivity contribution in [3.63, 3.8) is 0 Å². The molecule has 0 bridgehead atoms. The van der Waals surface area contributed by atoms with Crippen LogP contribution in [0.5, 0.6) is 11.5 Å². The lowest BCUT2D eigenvalue weighted by atomic mass is 10.1. The van der Waals surface area contributed by atoms with E-state index >= 15 is 0 Å². The Labute approximate surface area is 133 Å². The van der Waals surface area contributed by atoms with Crippen LogP contribution in [0.25, 0.3) is 0 Å². The van der Waals surface area contributed by atoms with Gasteiger partial charge in [0, 0.05) is 12.0 Å². The fourth-order valence-corrected chi connectivity index (χ4v) is 2.25. The van der Waals surface area contributed by atoms with Gasteiger partial charge in [0.2, 0.25) is 6.79 Å². The highest BCUT2D eigenvalue weighted by Crippen LogP contribution is 2.32. The van der Waals surface area contributed by atoms with Gasteiger partial charge in [-0.1, -0.05) is 36.4 Å². The molecule has 2 aromatic carbocycles. The lowest BCUT2D eigenvalue weighted by molar-refractivity contribution is -0.144. The molecule has 0 fully saturated rings. The van der Waals surface area contributed by atoms with Gasteiger partial charge in [-0.3, -0.25) is 9.59 Å². The average molecular weight is 312 g/mol. The molecule has 1 aliphatic heterocycles. The van der Waals surface area contributed by atoms with E-state index in [1.54, 1.807) is 36.4 Å². The minimum atomic E-state index is -0.396. The van der Waals surface area contributed by atoms with Gasteiger partial charge in [-0.05, 0) is 17.7 Å². The van der Waals surface area contributed by atoms with Gasteiger partial charge in [0.1, 0.15) is 6.61 Å². The zero-order valence-electron chi connectivity index (χ0n) is 12.5. The maximum absolute atomic E-state index is 11.9. The molecule has 0 saturated heterocycles. The summed E-state index contributed by atoms with van der Waals surface area (Å²) < 4.78 is 15.7. The molecule has 0 N–H and O–H groups in total. The average Bonchev–Trinajstić information content (AvgIpc) is 3.06. The highest BCUT2D eigenvalue weighted by molar-refractivity contribution is 5.97. The molecular formula is C18H16O5. The Morgan fingerprint density at radius 3 is 2.57 bits per heavy atom. The Kier molecular flexibility index (Phi) is 4.57. The van der Waals surface area contributed by atoms with Crippen LogP contribution >= 0.6 is 0 Å². The summed E-state index contributed by atoms with van der Waals surface area (Å²) in [5, 5.41) is 0. The largest absolute Gasteiger partial charge is 0.461 e. The van der Waals surface area contributed by atoms with Crippen molar-refractivity contribution in [2.75, 3.05) is 6.79 Å². The molecule has 0 amide bonds. The van der Waals surface area contributed by atoms with Crippen molar-refractivity contribution in [3.05, 3.63) is 59.7 Å². The fourth-order valence-electron chi connectivity index (χ4n) is 2.25. The predicted molar refractivity (Wildman–Crippen MR) is 82.4 cm³/mol. The van der Waals surface area contributed by atoms with Crippen molar-refractivity contribution in [2.24, 2.45) is 0 Å². The smallest absolute Gasteiger partial charge is 0.306 e. The first kappa shape index (κ1) is 15.1. The van der Waals surface area contributed by atoms with Crippen LogP contribution in [0.3, 0.4) is 0 Å². The quantitative estimate of drug-likeness (QED) is 0.606. The van der Waals surface area contributed by atoms with Crippen LogP contribution in [0.1, 0.15) is 28.8 Å². The van der Waals surface area contributed by atoms with E-state index in [1.807, 2.05) is 12.1 Å². The third-order valence-electron chi connectivity index (χ3n) is 3.49. The minimum absolute atomic E-state index is 0.0642. The lowest BCUT2D eigenvalue weighted by Crippen LogP contribution is -2.08. The van der Waals surface area contributed by atoms with Gasteiger partial charge in [-0.25, -0.2) is 0 Å². The highest BCUT2D eigenvalue weighted by Gasteiger charge is 2.14. The van der Waals surface area contributed by atoms with Crippen molar-refractivity contribution >= 4 is 11.8 Å². The molecular weight excluding hydrogens is 296 g/mol. The van der Waals surface area contributed by atoms with Gasteiger partial charge in [0.25, 0.3) is 0 Å². The molecule has 5 nitrogen and oxygen atoms in total. The number of Topliss-reactive ketones (excluding diaryl/α,β-unsaturated/α-hetero) is 1. The van der Waals surface area contributed by atoms with Crippen molar-refractivity contribution < 1.29 is 23.8 Å². The van der Waals surface area contributed by atoms with E-state index in [0.717, 1.165) is 5.56 Å². The second-order valence-electron chi connectivity index (χ2n) is 5.14. The first-order valence-electron chi connectivity index (χ1n) is 7.35. The van der Waals surface area contributed by atoms with E-state index in [9.17, 15) is 9.59 Å². The van der Waals surface area contributed by atoms with Crippen molar-refractivity contribution in [2.45, 2.75) is 19.4 Å². The van der Waals surface area contributed by atoms with E-state index in [2.05, 4.69) is 0 Å². The zero-order chi connectivity index (χ0) is 16.1. The Hall–Kier alpha value is -2.82. The molecule has 0 saturated carbocycles. The van der Waals surface area contributed by atoms with Crippen molar-refractivity contribution in [1.82, 2.24) is 0 Å². The molecule has 23 heavy (non-hydrogen) atoms. The van der Waals surface area contributed by atoms with Crippen LogP contribution in [-0.4, -0.2) is 18.5 Å². The molecule has 0 atom stereocenters. The Morgan fingerprint density at radius 1 is 0.957 bits per heavy atom. The number of hydrogen-bond acceptors (Lipinski definition) is 5. The van der Waals surface area contributed by atoms with Crippen LogP contribution in [0.15, 0.2) is 48.5 Å². The number of carbonyl (C=O) groups excluding carboxylic acids is 2. The topological polar surface area (TPSA) is 61.8 Å². The van der Waals surface area contributed by atoms with Crippen molar-refractivity contribution in [1.29, 1.82) is 0 Å². The number of ether oxygens (including phenoxy) is 3. The number of benzene rings is 2. The molecule has 2 aromatic rings. The van der Waals surface area contributed by atoms with Crippen LogP contribution < -0.4 is 9.47 Å². The summed E-state index contributed by atoms with van der Waals surface area (Å²) in [6.07, 6.45) is 0.211. The molecule has 3 rings (SSSR count). The highest BCUT2D eigenvalue weighted by atomic mass is 16.7. The van der Waals surface area contributed by atoms with E-state index in [1.165, 1.54) is 0 Å². The summed E-state index contributed by atoms with van der Waals surface area (Å²) in [6.45, 7) is 0.356. The van der Waals surface area contributed by atoms with Gasteiger partial charge in [0.05, 0.1) is 6.42 Å². The van der Waals surface area contributed by atoms with Gasteiger partial charge in [-0.2, -0.15) is 0 Å². The minimum Gasteiger partial charge on any atom is -0.461 e. The predicted octanol–water partition coefficient (Wildman–Crippen LogP) is 3.12. The number of esters is 1. The first-order chi connectivity index (χ1) is 11.2. The van der Waals surface area contributed by atoms with Gasteiger partial charge >= 0.3 is 5.97 Å². The number of hydrogen-bond donors (Lipinski definition) is 0. The third-order valence-corrected chi connectivity index (χ3v) is 3.49. The second kappa shape index (κ2) is 6.96. The molecule has 0 radical (unpaired) electrons. The summed E-state index contributed by atoms with van der Waals surface area (Å²) in [6, 6.07) is 14.3. The molecule has 0 aromatic heterocycles. The number of rotatable bonds is 6. The summed E-state index contributed by atoms with van der Waals surface area (Å²) in [4.78, 5) is 23.7. The van der Waals surface area contributed by atoms with E-state index in [4.69, 9.17) is 14.2 Å². The van der Waals surface area contributed by atoms with Crippen LogP contribution in [-0.2, 0) is 16.1 Å². The standard InChI is InChI=1S/C18H16O5/c19-15(14-4-2-1-3-5-14)7-9-18(20)21-11-13-6-8-16-17(10-13)23-12-22-16/h1-6,8,10H,7,9,11-12H2. The SMILES string of the molecule is O=C(CCC(=O)c1ccccc1)OCc1ccc2c(c1)OCO2. The lowest BCUT2D eigenvalue weighted by Gasteiger charge is -2.06. The monoisotopic (exact) mass is 312 g/mol. The fraction of sp³-hybridized carbons (Fsp3) is 0.222. The summed E-state index contributed by atoms with van der Waals surface area (Å²) >= 11 is 0. The van der Waals surface area contributed by atoms with Gasteiger partial charge < -0.3 is 14.2 Å². The maximum Gasteiger partial charge on any atom is 0.306 e. The van der Waals surface area contributed by atoms with Crippen LogP contribution in [0.2, 0.25) is 0 Å². The molecule has 5 heteroatoms. The normalized spacial score (nSPS) is 12.0. The van der Waals surface area contributed by atoms with Crippen LogP contribution in [0.4, 0.5) is 0 Å². The molecule has 0 unspecified atom stereocenters. The molecule has 0 spiro atoms. The maximum atomic E-state index is 11.9. The first-order valence-corrected chi connectivity index (χ1v) is 7.35. The van der Waals surface area contributed by atoms with Gasteiger partial charge in [-0.15, -0.1) is 0 Å². The van der Waals surface area contributed by atoms with E-state index < -0.39 is 5.97 Å². The Balaban J connectivity index is 1.46. The molecule has 1 aliphatic rings.